The quantitative estimate of drug-likeness (QED) is 0.690. The lowest BCUT2D eigenvalue weighted by Gasteiger charge is -2.39. The van der Waals surface area contributed by atoms with Crippen LogP contribution in [0.3, 0.4) is 0 Å². The summed E-state index contributed by atoms with van der Waals surface area (Å²) in [6.45, 7) is 8.13. The average molecular weight is 291 g/mol. The minimum atomic E-state index is -2.81. The van der Waals surface area contributed by atoms with E-state index >= 15 is 0 Å². The van der Waals surface area contributed by atoms with Crippen LogP contribution in [0.25, 0.3) is 0 Å². The summed E-state index contributed by atoms with van der Waals surface area (Å²) in [7, 11) is -2.81. The van der Waals surface area contributed by atoms with E-state index in [0.29, 0.717) is 11.8 Å². The predicted molar refractivity (Wildman–Crippen MR) is 80.1 cm³/mol. The van der Waals surface area contributed by atoms with Gasteiger partial charge in [0.05, 0.1) is 5.75 Å². The molecule has 0 aromatic rings. The van der Waals surface area contributed by atoms with E-state index in [1.54, 1.807) is 0 Å². The maximum Gasteiger partial charge on any atom is 0.147 e. The molecule has 0 spiro atoms. The van der Waals surface area contributed by atoms with Crippen LogP contribution >= 0.6 is 0 Å². The number of piperazine rings is 1. The third-order valence-corrected chi connectivity index (χ3v) is 4.91. The van der Waals surface area contributed by atoms with Crippen LogP contribution in [-0.2, 0) is 9.84 Å². The normalized spacial score (nSPS) is 20.6. The molecule has 1 saturated heterocycles. The van der Waals surface area contributed by atoms with E-state index in [2.05, 4.69) is 16.7 Å². The molecule has 1 unspecified atom stereocenters. The Labute approximate surface area is 118 Å². The topological polar surface area (TPSA) is 66.6 Å². The van der Waals surface area contributed by atoms with Gasteiger partial charge >= 0.3 is 0 Å². The maximum absolute atomic E-state index is 11.1. The molecule has 114 valence electrons. The Balaban J connectivity index is 2.24. The summed E-state index contributed by atoms with van der Waals surface area (Å²) in [5.74, 6) is 0.304. The van der Waals surface area contributed by atoms with Crippen molar-refractivity contribution in [2.24, 2.45) is 5.73 Å². The first-order valence-corrected chi connectivity index (χ1v) is 9.36. The highest BCUT2D eigenvalue weighted by Crippen LogP contribution is 2.12. The lowest BCUT2D eigenvalue weighted by atomic mass is 10.1. The molecular formula is C13H29N3O2S. The molecule has 1 aliphatic heterocycles. The van der Waals surface area contributed by atoms with E-state index in [0.717, 1.165) is 58.5 Å². The molecule has 19 heavy (non-hydrogen) atoms. The Kier molecular flexibility index (Phi) is 7.28. The largest absolute Gasteiger partial charge is 0.330 e. The van der Waals surface area contributed by atoms with Crippen molar-refractivity contribution < 1.29 is 8.42 Å². The summed E-state index contributed by atoms with van der Waals surface area (Å²) in [4.78, 5) is 4.90. The van der Waals surface area contributed by atoms with Crippen LogP contribution in [0.4, 0.5) is 0 Å². The lowest BCUT2D eigenvalue weighted by Crippen LogP contribution is -2.50. The van der Waals surface area contributed by atoms with Gasteiger partial charge in [-0.15, -0.1) is 0 Å². The van der Waals surface area contributed by atoms with Crippen molar-refractivity contribution in [1.82, 2.24) is 9.80 Å². The molecule has 0 aromatic heterocycles. The molecule has 5 nitrogen and oxygen atoms in total. The molecule has 0 amide bonds. The van der Waals surface area contributed by atoms with Gasteiger partial charge in [0, 0.05) is 38.5 Å². The van der Waals surface area contributed by atoms with Gasteiger partial charge in [-0.3, -0.25) is 4.90 Å². The molecule has 1 atom stereocenters. The summed E-state index contributed by atoms with van der Waals surface area (Å²) >= 11 is 0. The minimum Gasteiger partial charge on any atom is -0.330 e. The van der Waals surface area contributed by atoms with Gasteiger partial charge < -0.3 is 10.6 Å². The highest BCUT2D eigenvalue weighted by molar-refractivity contribution is 7.90. The van der Waals surface area contributed by atoms with Crippen LogP contribution in [-0.4, -0.2) is 75.5 Å². The fourth-order valence-electron chi connectivity index (χ4n) is 2.74. The highest BCUT2D eigenvalue weighted by Gasteiger charge is 2.22. The van der Waals surface area contributed by atoms with Crippen molar-refractivity contribution in [2.45, 2.75) is 32.2 Å². The second kappa shape index (κ2) is 8.19. The number of nitrogens with zero attached hydrogens (tertiary/aromatic N) is 2. The van der Waals surface area contributed by atoms with Crippen LogP contribution < -0.4 is 5.73 Å². The van der Waals surface area contributed by atoms with Crippen LogP contribution in [0, 0.1) is 0 Å². The number of sulfone groups is 1. The number of nitrogens with two attached hydrogens (primary N) is 1. The van der Waals surface area contributed by atoms with Crippen molar-refractivity contribution in [3.8, 4) is 0 Å². The summed E-state index contributed by atoms with van der Waals surface area (Å²) < 4.78 is 22.2. The lowest BCUT2D eigenvalue weighted by molar-refractivity contribution is 0.0913. The van der Waals surface area contributed by atoms with Gasteiger partial charge in [-0.05, 0) is 32.4 Å². The Morgan fingerprint density at radius 1 is 1.21 bits per heavy atom. The van der Waals surface area contributed by atoms with Gasteiger partial charge in [0.15, 0.2) is 0 Å². The van der Waals surface area contributed by atoms with Crippen molar-refractivity contribution in [3.05, 3.63) is 0 Å². The molecule has 6 heteroatoms. The summed E-state index contributed by atoms with van der Waals surface area (Å²) in [5, 5.41) is 0. The molecule has 1 fully saturated rings. The molecule has 1 heterocycles. The van der Waals surface area contributed by atoms with E-state index in [-0.39, 0.29) is 0 Å². The summed E-state index contributed by atoms with van der Waals surface area (Å²) in [6, 6.07) is 0.614. The monoisotopic (exact) mass is 291 g/mol. The van der Waals surface area contributed by atoms with E-state index in [1.165, 1.54) is 6.26 Å². The second-order valence-electron chi connectivity index (χ2n) is 5.50. The first kappa shape index (κ1) is 16.9. The first-order chi connectivity index (χ1) is 8.96. The molecule has 0 bridgehead atoms. The van der Waals surface area contributed by atoms with Gasteiger partial charge in [0.25, 0.3) is 0 Å². The predicted octanol–water partition coefficient (Wildman–Crippen LogP) is 0.166. The smallest absolute Gasteiger partial charge is 0.147 e. The van der Waals surface area contributed by atoms with Crippen molar-refractivity contribution in [3.63, 3.8) is 0 Å². The molecule has 2 N–H and O–H groups in total. The SMILES string of the molecule is CCC(CCN)N1CCN(CCCS(C)(=O)=O)CC1. The molecule has 0 aliphatic carbocycles. The van der Waals surface area contributed by atoms with E-state index in [4.69, 9.17) is 5.73 Å². The summed E-state index contributed by atoms with van der Waals surface area (Å²) in [5.41, 5.74) is 5.65. The third kappa shape index (κ3) is 6.70. The van der Waals surface area contributed by atoms with E-state index < -0.39 is 9.84 Å². The Morgan fingerprint density at radius 2 is 1.84 bits per heavy atom. The number of hydrogen-bond acceptors (Lipinski definition) is 5. The van der Waals surface area contributed by atoms with Crippen LogP contribution in [0.1, 0.15) is 26.2 Å². The molecule has 0 aromatic carbocycles. The van der Waals surface area contributed by atoms with Crippen LogP contribution in [0.5, 0.6) is 0 Å². The number of rotatable bonds is 8. The van der Waals surface area contributed by atoms with Crippen molar-refractivity contribution in [1.29, 1.82) is 0 Å². The van der Waals surface area contributed by atoms with Gasteiger partial charge in [-0.25, -0.2) is 8.42 Å². The van der Waals surface area contributed by atoms with Crippen molar-refractivity contribution >= 4 is 9.84 Å². The Morgan fingerprint density at radius 3 is 2.32 bits per heavy atom. The van der Waals surface area contributed by atoms with E-state index in [9.17, 15) is 8.42 Å². The van der Waals surface area contributed by atoms with Gasteiger partial charge in [-0.2, -0.15) is 0 Å². The molecular weight excluding hydrogens is 262 g/mol. The molecule has 1 rings (SSSR count). The maximum atomic E-state index is 11.1. The minimum absolute atomic E-state index is 0.304. The molecule has 1 aliphatic rings. The van der Waals surface area contributed by atoms with Crippen LogP contribution in [0.15, 0.2) is 0 Å². The zero-order valence-electron chi connectivity index (χ0n) is 12.3. The fraction of sp³-hybridized carbons (Fsp3) is 1.00. The first-order valence-electron chi connectivity index (χ1n) is 7.30. The average Bonchev–Trinajstić information content (AvgIpc) is 2.35. The zero-order chi connectivity index (χ0) is 14.3. The zero-order valence-corrected chi connectivity index (χ0v) is 13.2. The number of hydrogen-bond donors (Lipinski definition) is 1. The Bertz CT molecular complexity index is 338. The van der Waals surface area contributed by atoms with Gasteiger partial charge in [0.2, 0.25) is 0 Å². The molecule has 0 radical (unpaired) electrons. The van der Waals surface area contributed by atoms with Gasteiger partial charge in [-0.1, -0.05) is 6.92 Å². The third-order valence-electron chi connectivity index (χ3n) is 3.88. The summed E-state index contributed by atoms with van der Waals surface area (Å²) in [6.07, 6.45) is 4.29. The highest BCUT2D eigenvalue weighted by atomic mass is 32.2. The molecule has 0 saturated carbocycles. The van der Waals surface area contributed by atoms with Gasteiger partial charge in [0.1, 0.15) is 9.84 Å². The van der Waals surface area contributed by atoms with Crippen LogP contribution in [0.2, 0.25) is 0 Å². The second-order valence-corrected chi connectivity index (χ2v) is 7.76. The fourth-order valence-corrected chi connectivity index (χ4v) is 3.39. The standard InChI is InChI=1S/C13H29N3O2S/c1-3-13(5-6-14)16-10-8-15(9-11-16)7-4-12-19(2,17)18/h13H,3-12,14H2,1-2H3. The van der Waals surface area contributed by atoms with E-state index in [1.807, 2.05) is 0 Å². The Hall–Kier alpha value is -0.170. The van der Waals surface area contributed by atoms with Crippen molar-refractivity contribution in [2.75, 3.05) is 51.3 Å².